The summed E-state index contributed by atoms with van der Waals surface area (Å²) in [5.74, 6) is 0.654. The molecule has 1 aromatic rings. The largest absolute Gasteiger partial charge is 0.481 e. The van der Waals surface area contributed by atoms with E-state index in [9.17, 15) is 0 Å². The third kappa shape index (κ3) is 1.55. The van der Waals surface area contributed by atoms with Gasteiger partial charge in [0.25, 0.3) is 0 Å². The molecular formula is C13H20N2O. The van der Waals surface area contributed by atoms with E-state index in [1.165, 1.54) is 0 Å². The van der Waals surface area contributed by atoms with Crippen LogP contribution in [0.5, 0.6) is 5.88 Å². The molecule has 1 aliphatic carbocycles. The van der Waals surface area contributed by atoms with Gasteiger partial charge in [-0.1, -0.05) is 27.7 Å². The van der Waals surface area contributed by atoms with Crippen LogP contribution >= 0.6 is 0 Å². The quantitative estimate of drug-likeness (QED) is 0.850. The van der Waals surface area contributed by atoms with Crippen LogP contribution in [0.4, 0.5) is 5.69 Å². The molecule has 0 aromatic carbocycles. The van der Waals surface area contributed by atoms with Crippen molar-refractivity contribution in [3.8, 4) is 5.88 Å². The van der Waals surface area contributed by atoms with Crippen LogP contribution in [0.3, 0.4) is 0 Å². The highest BCUT2D eigenvalue weighted by molar-refractivity contribution is 5.49. The van der Waals surface area contributed by atoms with Crippen LogP contribution in [0, 0.1) is 10.8 Å². The third-order valence-electron chi connectivity index (χ3n) is 4.28. The average Bonchev–Trinajstić information content (AvgIpc) is 2.61. The van der Waals surface area contributed by atoms with Gasteiger partial charge in [-0.3, -0.25) is 0 Å². The molecule has 0 unspecified atom stereocenters. The first-order valence-electron chi connectivity index (χ1n) is 5.66. The van der Waals surface area contributed by atoms with Crippen LogP contribution in [-0.2, 0) is 0 Å². The van der Waals surface area contributed by atoms with E-state index in [2.05, 4.69) is 38.0 Å². The van der Waals surface area contributed by atoms with Crippen molar-refractivity contribution in [2.75, 3.05) is 12.4 Å². The molecule has 0 atom stereocenters. The van der Waals surface area contributed by atoms with Crippen LogP contribution in [0.25, 0.3) is 0 Å². The van der Waals surface area contributed by atoms with Crippen LogP contribution < -0.4 is 10.1 Å². The Morgan fingerprint density at radius 1 is 1.25 bits per heavy atom. The highest BCUT2D eigenvalue weighted by Crippen LogP contribution is 2.63. The molecule has 1 fully saturated rings. The standard InChI is InChI=1S/C13H20N2O/c1-12(2)11(13(12,3)4)15-9-6-7-14-10(8-9)16-5/h6-8,11H,1-5H3,(H,14,15). The summed E-state index contributed by atoms with van der Waals surface area (Å²) in [6.45, 7) is 9.18. The van der Waals surface area contributed by atoms with Gasteiger partial charge in [-0.05, 0) is 16.9 Å². The molecular weight excluding hydrogens is 200 g/mol. The number of anilines is 1. The van der Waals surface area contributed by atoms with Gasteiger partial charge in [0.1, 0.15) is 0 Å². The number of nitrogens with one attached hydrogen (secondary N) is 1. The van der Waals surface area contributed by atoms with Crippen LogP contribution in [0.15, 0.2) is 18.3 Å². The molecule has 0 aliphatic heterocycles. The molecule has 0 radical (unpaired) electrons. The fourth-order valence-electron chi connectivity index (χ4n) is 2.33. The fourth-order valence-corrected chi connectivity index (χ4v) is 2.33. The molecule has 1 heterocycles. The minimum absolute atomic E-state index is 0.337. The highest BCUT2D eigenvalue weighted by atomic mass is 16.5. The van der Waals surface area contributed by atoms with E-state index in [4.69, 9.17) is 4.74 Å². The van der Waals surface area contributed by atoms with E-state index in [0.717, 1.165) is 5.69 Å². The molecule has 0 spiro atoms. The summed E-state index contributed by atoms with van der Waals surface area (Å²) in [7, 11) is 1.64. The molecule has 1 N–H and O–H groups in total. The molecule has 1 aliphatic rings. The van der Waals surface area contributed by atoms with Crippen molar-refractivity contribution in [3.05, 3.63) is 18.3 Å². The average molecular weight is 220 g/mol. The lowest BCUT2D eigenvalue weighted by molar-refractivity contribution is 0.398. The van der Waals surface area contributed by atoms with E-state index < -0.39 is 0 Å². The Morgan fingerprint density at radius 2 is 1.88 bits per heavy atom. The number of hydrogen-bond donors (Lipinski definition) is 1. The summed E-state index contributed by atoms with van der Waals surface area (Å²) in [4.78, 5) is 4.10. The fraction of sp³-hybridized carbons (Fsp3) is 0.615. The second kappa shape index (κ2) is 3.37. The summed E-state index contributed by atoms with van der Waals surface area (Å²) in [6, 6.07) is 4.42. The van der Waals surface area contributed by atoms with Gasteiger partial charge in [0.2, 0.25) is 5.88 Å². The van der Waals surface area contributed by atoms with E-state index in [1.807, 2.05) is 12.1 Å². The first-order chi connectivity index (χ1) is 7.39. The number of nitrogens with zero attached hydrogens (tertiary/aromatic N) is 1. The van der Waals surface area contributed by atoms with Gasteiger partial charge in [0, 0.05) is 24.0 Å². The lowest BCUT2D eigenvalue weighted by Gasteiger charge is -2.08. The number of hydrogen-bond acceptors (Lipinski definition) is 3. The first kappa shape index (κ1) is 11.2. The van der Waals surface area contributed by atoms with Gasteiger partial charge < -0.3 is 10.1 Å². The first-order valence-corrected chi connectivity index (χ1v) is 5.66. The van der Waals surface area contributed by atoms with Crippen molar-refractivity contribution in [1.82, 2.24) is 4.98 Å². The molecule has 2 rings (SSSR count). The smallest absolute Gasteiger partial charge is 0.214 e. The number of methoxy groups -OCH3 is 1. The summed E-state index contributed by atoms with van der Waals surface area (Å²) in [6.07, 6.45) is 1.77. The summed E-state index contributed by atoms with van der Waals surface area (Å²) < 4.78 is 5.11. The van der Waals surface area contributed by atoms with E-state index in [-0.39, 0.29) is 0 Å². The van der Waals surface area contributed by atoms with Gasteiger partial charge in [-0.2, -0.15) is 0 Å². The van der Waals surface area contributed by atoms with E-state index in [1.54, 1.807) is 13.3 Å². The van der Waals surface area contributed by atoms with Crippen molar-refractivity contribution in [2.24, 2.45) is 10.8 Å². The molecule has 88 valence electrons. The maximum atomic E-state index is 5.11. The molecule has 1 saturated carbocycles. The van der Waals surface area contributed by atoms with Gasteiger partial charge in [0.15, 0.2) is 0 Å². The number of aromatic nitrogens is 1. The van der Waals surface area contributed by atoms with Crippen LogP contribution in [0.2, 0.25) is 0 Å². The van der Waals surface area contributed by atoms with Crippen LogP contribution in [-0.4, -0.2) is 18.1 Å². The Labute approximate surface area is 97.2 Å². The summed E-state index contributed by atoms with van der Waals surface area (Å²) >= 11 is 0. The maximum absolute atomic E-state index is 5.11. The number of rotatable bonds is 3. The molecule has 0 bridgehead atoms. The second-order valence-corrected chi connectivity index (χ2v) is 5.61. The van der Waals surface area contributed by atoms with Crippen molar-refractivity contribution in [3.63, 3.8) is 0 Å². The highest BCUT2D eigenvalue weighted by Gasteiger charge is 2.64. The predicted molar refractivity (Wildman–Crippen MR) is 65.8 cm³/mol. The SMILES string of the molecule is COc1cc(NC2C(C)(C)C2(C)C)ccn1. The topological polar surface area (TPSA) is 34.1 Å². The zero-order chi connectivity index (χ0) is 12.0. The minimum atomic E-state index is 0.337. The lowest BCUT2D eigenvalue weighted by Crippen LogP contribution is -2.10. The van der Waals surface area contributed by atoms with Crippen molar-refractivity contribution in [2.45, 2.75) is 33.7 Å². The van der Waals surface area contributed by atoms with Gasteiger partial charge in [0.05, 0.1) is 7.11 Å². The zero-order valence-corrected chi connectivity index (χ0v) is 10.7. The Balaban J connectivity index is 2.12. The minimum Gasteiger partial charge on any atom is -0.481 e. The molecule has 16 heavy (non-hydrogen) atoms. The molecule has 0 amide bonds. The van der Waals surface area contributed by atoms with E-state index >= 15 is 0 Å². The Bertz CT molecular complexity index is 385. The van der Waals surface area contributed by atoms with Gasteiger partial charge >= 0.3 is 0 Å². The monoisotopic (exact) mass is 220 g/mol. The van der Waals surface area contributed by atoms with Crippen LogP contribution in [0.1, 0.15) is 27.7 Å². The normalized spacial score (nSPS) is 21.6. The molecule has 3 heteroatoms. The zero-order valence-electron chi connectivity index (χ0n) is 10.7. The molecule has 3 nitrogen and oxygen atoms in total. The number of ether oxygens (including phenoxy) is 1. The lowest BCUT2D eigenvalue weighted by atomic mass is 10.0. The van der Waals surface area contributed by atoms with Gasteiger partial charge in [-0.15, -0.1) is 0 Å². The predicted octanol–water partition coefficient (Wildman–Crippen LogP) is 2.94. The summed E-state index contributed by atoms with van der Waals surface area (Å²) in [5.41, 5.74) is 1.75. The Kier molecular flexibility index (Phi) is 2.37. The molecule has 1 aromatic heterocycles. The van der Waals surface area contributed by atoms with Crippen molar-refractivity contribution >= 4 is 5.69 Å². The third-order valence-corrected chi connectivity index (χ3v) is 4.28. The van der Waals surface area contributed by atoms with Crippen molar-refractivity contribution in [1.29, 1.82) is 0 Å². The van der Waals surface area contributed by atoms with Crippen molar-refractivity contribution < 1.29 is 4.74 Å². The summed E-state index contributed by atoms with van der Waals surface area (Å²) in [5, 5.41) is 3.55. The Hall–Kier alpha value is -1.25. The van der Waals surface area contributed by atoms with Gasteiger partial charge in [-0.25, -0.2) is 4.98 Å². The van der Waals surface area contributed by atoms with E-state index in [0.29, 0.717) is 22.8 Å². The maximum Gasteiger partial charge on any atom is 0.214 e. The number of pyridine rings is 1. The second-order valence-electron chi connectivity index (χ2n) is 5.61. The Morgan fingerprint density at radius 3 is 2.38 bits per heavy atom. The molecule has 0 saturated heterocycles.